The van der Waals surface area contributed by atoms with Gasteiger partial charge in [-0.1, -0.05) is 12.1 Å². The van der Waals surface area contributed by atoms with E-state index < -0.39 is 0 Å². The van der Waals surface area contributed by atoms with E-state index in [2.05, 4.69) is 24.9 Å². The van der Waals surface area contributed by atoms with E-state index >= 15 is 0 Å². The maximum atomic E-state index is 13.1. The third-order valence-corrected chi connectivity index (χ3v) is 6.00. The summed E-state index contributed by atoms with van der Waals surface area (Å²) in [5.74, 6) is 1.78. The van der Waals surface area contributed by atoms with Crippen molar-refractivity contribution in [3.63, 3.8) is 0 Å². The summed E-state index contributed by atoms with van der Waals surface area (Å²) in [5.41, 5.74) is 2.89. The van der Waals surface area contributed by atoms with Gasteiger partial charge in [0, 0.05) is 55.6 Å². The Morgan fingerprint density at radius 1 is 0.914 bits per heavy atom. The Hall–Kier alpha value is -4.40. The number of piperidine rings is 1. The molecule has 4 aromatic rings. The number of benzene rings is 1. The van der Waals surface area contributed by atoms with Crippen molar-refractivity contribution in [2.45, 2.75) is 18.8 Å². The minimum absolute atomic E-state index is 0.0311. The number of nitrogens with zero attached hydrogens (tertiary/aromatic N) is 6. The first-order valence-corrected chi connectivity index (χ1v) is 11.4. The number of ether oxygens (including phenoxy) is 2. The molecule has 0 unspecified atom stereocenters. The molecule has 1 aliphatic rings. The predicted molar refractivity (Wildman–Crippen MR) is 128 cm³/mol. The Bertz CT molecular complexity index is 1290. The minimum atomic E-state index is -0.0311. The molecule has 1 amide bonds. The molecule has 9 nitrogen and oxygen atoms in total. The molecule has 1 fully saturated rings. The molecule has 0 N–H and O–H groups in total. The fourth-order valence-electron chi connectivity index (χ4n) is 4.16. The van der Waals surface area contributed by atoms with Crippen LogP contribution >= 0.6 is 0 Å². The number of hydrogen-bond acceptors (Lipinski definition) is 8. The van der Waals surface area contributed by atoms with Gasteiger partial charge in [-0.15, -0.1) is 0 Å². The van der Waals surface area contributed by atoms with Gasteiger partial charge in [-0.05, 0) is 37.1 Å². The fraction of sp³-hybridized carbons (Fsp3) is 0.231. The third kappa shape index (κ3) is 4.93. The van der Waals surface area contributed by atoms with Crippen LogP contribution in [0.25, 0.3) is 11.3 Å². The first kappa shape index (κ1) is 22.4. The van der Waals surface area contributed by atoms with Crippen molar-refractivity contribution in [1.29, 1.82) is 0 Å². The van der Waals surface area contributed by atoms with E-state index in [0.29, 0.717) is 36.0 Å². The number of aromatic nitrogens is 5. The monoisotopic (exact) mass is 468 g/mol. The second-order valence-corrected chi connectivity index (χ2v) is 8.13. The van der Waals surface area contributed by atoms with Gasteiger partial charge in [0.2, 0.25) is 5.88 Å². The number of carbonyl (C=O) groups is 1. The molecule has 0 radical (unpaired) electrons. The zero-order chi connectivity index (χ0) is 24.0. The molecule has 9 heteroatoms. The molecular formula is C26H24N6O3. The highest BCUT2D eigenvalue weighted by atomic mass is 16.5. The Labute approximate surface area is 202 Å². The van der Waals surface area contributed by atoms with E-state index in [-0.39, 0.29) is 11.8 Å². The first-order valence-electron chi connectivity index (χ1n) is 11.4. The molecule has 0 spiro atoms. The van der Waals surface area contributed by atoms with Crippen molar-refractivity contribution < 1.29 is 14.3 Å². The van der Waals surface area contributed by atoms with Gasteiger partial charge >= 0.3 is 0 Å². The van der Waals surface area contributed by atoms with Crippen LogP contribution in [0.4, 0.5) is 0 Å². The van der Waals surface area contributed by atoms with Crippen LogP contribution in [0.1, 0.15) is 34.8 Å². The molecule has 5 rings (SSSR count). The van der Waals surface area contributed by atoms with E-state index in [9.17, 15) is 4.79 Å². The fourth-order valence-corrected chi connectivity index (χ4v) is 4.16. The maximum Gasteiger partial charge on any atom is 0.255 e. The van der Waals surface area contributed by atoms with E-state index in [1.807, 2.05) is 35.2 Å². The average Bonchev–Trinajstić information content (AvgIpc) is 2.94. The van der Waals surface area contributed by atoms with Crippen LogP contribution in [0.3, 0.4) is 0 Å². The third-order valence-electron chi connectivity index (χ3n) is 6.00. The van der Waals surface area contributed by atoms with Gasteiger partial charge in [0.15, 0.2) is 11.5 Å². The lowest BCUT2D eigenvalue weighted by Crippen LogP contribution is -2.38. The average molecular weight is 469 g/mol. The number of para-hydroxylation sites is 2. The summed E-state index contributed by atoms with van der Waals surface area (Å²) < 4.78 is 11.5. The van der Waals surface area contributed by atoms with E-state index in [1.54, 1.807) is 44.2 Å². The lowest BCUT2D eigenvalue weighted by atomic mass is 9.93. The summed E-state index contributed by atoms with van der Waals surface area (Å²) in [5, 5.41) is 0. The lowest BCUT2D eigenvalue weighted by molar-refractivity contribution is 0.0711. The van der Waals surface area contributed by atoms with Crippen LogP contribution in [-0.2, 0) is 0 Å². The Kier molecular flexibility index (Phi) is 6.56. The zero-order valence-electron chi connectivity index (χ0n) is 19.2. The van der Waals surface area contributed by atoms with E-state index in [1.165, 1.54) is 6.33 Å². The van der Waals surface area contributed by atoms with E-state index in [4.69, 9.17) is 9.47 Å². The van der Waals surface area contributed by atoms with Crippen molar-refractivity contribution in [2.24, 2.45) is 0 Å². The molecule has 4 heterocycles. The largest absolute Gasteiger partial charge is 0.493 e. The quantitative estimate of drug-likeness (QED) is 0.416. The Morgan fingerprint density at radius 2 is 1.66 bits per heavy atom. The summed E-state index contributed by atoms with van der Waals surface area (Å²) >= 11 is 0. The summed E-state index contributed by atoms with van der Waals surface area (Å²) in [4.78, 5) is 36.4. The van der Waals surface area contributed by atoms with Gasteiger partial charge in [0.05, 0.1) is 18.4 Å². The highest BCUT2D eigenvalue weighted by Crippen LogP contribution is 2.36. The number of hydrogen-bond donors (Lipinski definition) is 0. The van der Waals surface area contributed by atoms with Crippen molar-refractivity contribution in [2.75, 3.05) is 20.2 Å². The SMILES string of the molecule is COc1ccccc1Oc1nccnc1C1CCN(C(=O)c2ccc(-c3cncnc3)nc2)CC1. The van der Waals surface area contributed by atoms with Gasteiger partial charge in [0.25, 0.3) is 5.91 Å². The molecule has 0 atom stereocenters. The van der Waals surface area contributed by atoms with Gasteiger partial charge in [0.1, 0.15) is 12.0 Å². The number of rotatable bonds is 6. The molecule has 0 saturated carbocycles. The first-order chi connectivity index (χ1) is 17.2. The number of amides is 1. The normalized spacial score (nSPS) is 13.9. The van der Waals surface area contributed by atoms with Gasteiger partial charge < -0.3 is 14.4 Å². The minimum Gasteiger partial charge on any atom is -0.493 e. The van der Waals surface area contributed by atoms with Crippen molar-refractivity contribution >= 4 is 5.91 Å². The maximum absolute atomic E-state index is 13.1. The van der Waals surface area contributed by atoms with Gasteiger partial charge in [-0.2, -0.15) is 0 Å². The Morgan fingerprint density at radius 3 is 2.37 bits per heavy atom. The van der Waals surface area contributed by atoms with Crippen LogP contribution in [0.15, 0.2) is 73.7 Å². The second kappa shape index (κ2) is 10.3. The molecule has 0 aliphatic carbocycles. The van der Waals surface area contributed by atoms with Crippen LogP contribution in [0.5, 0.6) is 17.4 Å². The summed E-state index contributed by atoms with van der Waals surface area (Å²) in [7, 11) is 1.60. The molecule has 1 aromatic carbocycles. The number of likely N-dealkylation sites (tertiary alicyclic amines) is 1. The molecule has 1 saturated heterocycles. The lowest BCUT2D eigenvalue weighted by Gasteiger charge is -2.32. The summed E-state index contributed by atoms with van der Waals surface area (Å²) in [6.45, 7) is 1.23. The molecule has 3 aromatic heterocycles. The molecule has 0 bridgehead atoms. The standard InChI is InChI=1S/C26H24N6O3/c1-34-22-4-2-3-5-23(22)35-25-24(29-10-11-30-25)18-8-12-32(13-9-18)26(33)19-6-7-21(31-16-19)20-14-27-17-28-15-20/h2-7,10-11,14-18H,8-9,12-13H2,1H3. The second-order valence-electron chi connectivity index (χ2n) is 8.13. The zero-order valence-corrected chi connectivity index (χ0v) is 19.2. The molecule has 176 valence electrons. The highest BCUT2D eigenvalue weighted by Gasteiger charge is 2.28. The van der Waals surface area contributed by atoms with Gasteiger partial charge in [-0.25, -0.2) is 15.0 Å². The van der Waals surface area contributed by atoms with Crippen molar-refractivity contribution in [3.05, 3.63) is 85.0 Å². The number of carbonyl (C=O) groups excluding carboxylic acids is 1. The molecule has 35 heavy (non-hydrogen) atoms. The van der Waals surface area contributed by atoms with Gasteiger partial charge in [-0.3, -0.25) is 14.8 Å². The van der Waals surface area contributed by atoms with Crippen molar-refractivity contribution in [1.82, 2.24) is 29.8 Å². The van der Waals surface area contributed by atoms with Crippen LogP contribution in [0.2, 0.25) is 0 Å². The van der Waals surface area contributed by atoms with Crippen LogP contribution < -0.4 is 9.47 Å². The van der Waals surface area contributed by atoms with Crippen LogP contribution in [-0.4, -0.2) is 55.9 Å². The number of pyridine rings is 1. The molecule has 1 aliphatic heterocycles. The number of methoxy groups -OCH3 is 1. The van der Waals surface area contributed by atoms with Crippen molar-refractivity contribution in [3.8, 4) is 28.6 Å². The predicted octanol–water partition coefficient (Wildman–Crippen LogP) is 4.15. The highest BCUT2D eigenvalue weighted by molar-refractivity contribution is 5.94. The Balaban J connectivity index is 1.25. The topological polar surface area (TPSA) is 103 Å². The summed E-state index contributed by atoms with van der Waals surface area (Å²) in [6.07, 6.45) is 11.3. The molecular weight excluding hydrogens is 444 g/mol. The van der Waals surface area contributed by atoms with E-state index in [0.717, 1.165) is 29.8 Å². The smallest absolute Gasteiger partial charge is 0.255 e. The summed E-state index contributed by atoms with van der Waals surface area (Å²) in [6, 6.07) is 11.1. The van der Waals surface area contributed by atoms with Crippen LogP contribution in [0, 0.1) is 0 Å².